The molecule has 1 amide bonds. The summed E-state index contributed by atoms with van der Waals surface area (Å²) in [6.07, 6.45) is -4.26. The zero-order chi connectivity index (χ0) is 22.6. The minimum atomic E-state index is -4.96. The van der Waals surface area contributed by atoms with Crippen LogP contribution in [0, 0.1) is 5.92 Å². The highest BCUT2D eigenvalue weighted by Crippen LogP contribution is 2.39. The molecule has 0 saturated heterocycles. The maximum absolute atomic E-state index is 13.0. The van der Waals surface area contributed by atoms with Crippen LogP contribution in [0.25, 0.3) is 0 Å². The van der Waals surface area contributed by atoms with Crippen LogP contribution in [-0.2, 0) is 12.4 Å². The highest BCUT2D eigenvalue weighted by atomic mass is 19.4. The van der Waals surface area contributed by atoms with Crippen LogP contribution in [0.4, 0.5) is 26.3 Å². The lowest BCUT2D eigenvalue weighted by Crippen LogP contribution is -2.30. The van der Waals surface area contributed by atoms with Gasteiger partial charge in [0.1, 0.15) is 11.5 Å². The molecule has 1 aliphatic rings. The lowest BCUT2D eigenvalue weighted by Gasteiger charge is -2.21. The van der Waals surface area contributed by atoms with Crippen molar-refractivity contribution in [2.75, 3.05) is 6.54 Å². The lowest BCUT2D eigenvalue weighted by molar-refractivity contribution is -0.143. The maximum atomic E-state index is 13.0. The van der Waals surface area contributed by atoms with E-state index in [2.05, 4.69) is 5.32 Å². The molecule has 0 spiro atoms. The van der Waals surface area contributed by atoms with Crippen molar-refractivity contribution in [1.29, 1.82) is 0 Å². The zero-order valence-corrected chi connectivity index (χ0v) is 16.4. The summed E-state index contributed by atoms with van der Waals surface area (Å²) in [5.74, 6) is -0.437. The van der Waals surface area contributed by atoms with Crippen LogP contribution in [0.2, 0.25) is 0 Å². The largest absolute Gasteiger partial charge is 0.457 e. The quantitative estimate of drug-likeness (QED) is 0.513. The lowest BCUT2D eigenvalue weighted by atomic mass is 9.89. The van der Waals surface area contributed by atoms with Crippen LogP contribution >= 0.6 is 0 Å². The molecule has 9 heteroatoms. The van der Waals surface area contributed by atoms with E-state index < -0.39 is 29.2 Å². The fourth-order valence-electron chi connectivity index (χ4n) is 3.53. The molecular weight excluding hydrogens is 424 g/mol. The van der Waals surface area contributed by atoms with E-state index in [1.807, 2.05) is 0 Å². The molecule has 0 aliphatic heterocycles. The first-order chi connectivity index (χ1) is 14.5. The molecule has 31 heavy (non-hydrogen) atoms. The molecule has 1 fully saturated rings. The third-order valence-corrected chi connectivity index (χ3v) is 5.19. The average Bonchev–Trinajstić information content (AvgIpc) is 2.72. The Morgan fingerprint density at radius 3 is 1.90 bits per heavy atom. The summed E-state index contributed by atoms with van der Waals surface area (Å²) in [6, 6.07) is 6.49. The molecule has 3 nitrogen and oxygen atoms in total. The minimum Gasteiger partial charge on any atom is -0.457 e. The van der Waals surface area contributed by atoms with Gasteiger partial charge < -0.3 is 10.1 Å². The van der Waals surface area contributed by atoms with Crippen LogP contribution in [0.3, 0.4) is 0 Å². The van der Waals surface area contributed by atoms with Gasteiger partial charge in [0.05, 0.1) is 11.1 Å². The number of carbonyl (C=O) groups is 1. The molecule has 168 valence electrons. The standard InChI is InChI=1S/C22H21F6NO2/c23-21(24,25)16-10-17(22(26,27)28)12-19(11-16)31-18-8-6-15(7-9-18)20(30)29-13-14-4-2-1-3-5-14/h6-12,14H,1-5,13H2,(H,29,30). The number of carbonyl (C=O) groups excluding carboxylic acids is 1. The molecule has 1 aliphatic carbocycles. The summed E-state index contributed by atoms with van der Waals surface area (Å²) >= 11 is 0. The monoisotopic (exact) mass is 445 g/mol. The van der Waals surface area contributed by atoms with E-state index in [1.165, 1.54) is 30.7 Å². The van der Waals surface area contributed by atoms with Crippen LogP contribution in [0.1, 0.15) is 53.6 Å². The molecule has 1 saturated carbocycles. The van der Waals surface area contributed by atoms with Gasteiger partial charge in [-0.15, -0.1) is 0 Å². The van der Waals surface area contributed by atoms with E-state index in [4.69, 9.17) is 4.74 Å². The molecule has 2 aromatic carbocycles. The molecule has 3 rings (SSSR count). The molecule has 0 aromatic heterocycles. The molecule has 0 radical (unpaired) electrons. The predicted octanol–water partition coefficient (Wildman–Crippen LogP) is 6.83. The van der Waals surface area contributed by atoms with Gasteiger partial charge in [0.2, 0.25) is 0 Å². The summed E-state index contributed by atoms with van der Waals surface area (Å²) in [7, 11) is 0. The second kappa shape index (κ2) is 9.20. The first kappa shape index (κ1) is 23.0. The van der Waals surface area contributed by atoms with Crippen molar-refractivity contribution in [2.24, 2.45) is 5.92 Å². The third-order valence-electron chi connectivity index (χ3n) is 5.19. The maximum Gasteiger partial charge on any atom is 0.416 e. The SMILES string of the molecule is O=C(NCC1CCCCC1)c1ccc(Oc2cc(C(F)(F)F)cc(C(F)(F)F)c2)cc1. The van der Waals surface area contributed by atoms with Crippen molar-refractivity contribution in [3.63, 3.8) is 0 Å². The van der Waals surface area contributed by atoms with Crippen molar-refractivity contribution >= 4 is 5.91 Å². The van der Waals surface area contributed by atoms with Gasteiger partial charge >= 0.3 is 12.4 Å². The minimum absolute atomic E-state index is 0.0104. The van der Waals surface area contributed by atoms with Crippen LogP contribution in [0.5, 0.6) is 11.5 Å². The summed E-state index contributed by atoms with van der Waals surface area (Å²) in [4.78, 5) is 12.3. The molecule has 2 aromatic rings. The van der Waals surface area contributed by atoms with Crippen molar-refractivity contribution in [2.45, 2.75) is 44.5 Å². The summed E-state index contributed by atoms with van der Waals surface area (Å²) in [5.41, 5.74) is -2.60. The Morgan fingerprint density at radius 2 is 1.39 bits per heavy atom. The number of rotatable bonds is 5. The highest BCUT2D eigenvalue weighted by molar-refractivity contribution is 5.94. The van der Waals surface area contributed by atoms with Gasteiger partial charge in [0.15, 0.2) is 0 Å². The summed E-state index contributed by atoms with van der Waals surface area (Å²) < 4.78 is 82.9. The van der Waals surface area contributed by atoms with Crippen molar-refractivity contribution in [1.82, 2.24) is 5.32 Å². The second-order valence-electron chi connectivity index (χ2n) is 7.58. The van der Waals surface area contributed by atoms with Gasteiger partial charge in [-0.05, 0) is 61.2 Å². The Bertz CT molecular complexity index is 867. The van der Waals surface area contributed by atoms with E-state index >= 15 is 0 Å². The summed E-state index contributed by atoms with van der Waals surface area (Å²) in [5, 5.41) is 2.86. The number of amides is 1. The number of benzene rings is 2. The highest BCUT2D eigenvalue weighted by Gasteiger charge is 2.37. The van der Waals surface area contributed by atoms with Crippen molar-refractivity contribution < 1.29 is 35.9 Å². The number of hydrogen-bond donors (Lipinski definition) is 1. The van der Waals surface area contributed by atoms with Gasteiger partial charge in [0, 0.05) is 12.1 Å². The number of alkyl halides is 6. The van der Waals surface area contributed by atoms with E-state index in [0.29, 0.717) is 30.2 Å². The number of ether oxygens (including phenoxy) is 1. The van der Waals surface area contributed by atoms with Gasteiger partial charge in [0.25, 0.3) is 5.91 Å². The fourth-order valence-corrected chi connectivity index (χ4v) is 3.53. The Hall–Kier alpha value is -2.71. The average molecular weight is 445 g/mol. The van der Waals surface area contributed by atoms with Crippen LogP contribution in [-0.4, -0.2) is 12.5 Å². The Kier molecular flexibility index (Phi) is 6.81. The Morgan fingerprint density at radius 1 is 0.839 bits per heavy atom. The van der Waals surface area contributed by atoms with Gasteiger partial charge in [-0.1, -0.05) is 19.3 Å². The second-order valence-corrected chi connectivity index (χ2v) is 7.58. The summed E-state index contributed by atoms with van der Waals surface area (Å²) in [6.45, 7) is 0.571. The number of halogens is 6. The molecule has 0 bridgehead atoms. The molecule has 0 heterocycles. The Labute approximate surface area is 175 Å². The van der Waals surface area contributed by atoms with E-state index in [1.54, 1.807) is 0 Å². The first-order valence-corrected chi connectivity index (χ1v) is 9.88. The first-order valence-electron chi connectivity index (χ1n) is 9.88. The fraction of sp³-hybridized carbons (Fsp3) is 0.409. The van der Waals surface area contributed by atoms with Gasteiger partial charge in [-0.2, -0.15) is 26.3 Å². The topological polar surface area (TPSA) is 38.3 Å². The van der Waals surface area contributed by atoms with E-state index in [0.717, 1.165) is 25.7 Å². The van der Waals surface area contributed by atoms with Crippen LogP contribution < -0.4 is 10.1 Å². The molecule has 0 unspecified atom stereocenters. The van der Waals surface area contributed by atoms with Crippen LogP contribution in [0.15, 0.2) is 42.5 Å². The number of hydrogen-bond acceptors (Lipinski definition) is 2. The van der Waals surface area contributed by atoms with E-state index in [-0.39, 0.29) is 17.7 Å². The molecule has 0 atom stereocenters. The van der Waals surface area contributed by atoms with Gasteiger partial charge in [-0.3, -0.25) is 4.79 Å². The predicted molar refractivity (Wildman–Crippen MR) is 102 cm³/mol. The van der Waals surface area contributed by atoms with Crippen molar-refractivity contribution in [3.05, 3.63) is 59.2 Å². The zero-order valence-electron chi connectivity index (χ0n) is 16.4. The van der Waals surface area contributed by atoms with E-state index in [9.17, 15) is 31.1 Å². The normalized spacial score (nSPS) is 15.5. The molecular formula is C22H21F6NO2. The van der Waals surface area contributed by atoms with Crippen molar-refractivity contribution in [3.8, 4) is 11.5 Å². The number of nitrogens with one attached hydrogen (secondary N) is 1. The Balaban J connectivity index is 1.69. The van der Waals surface area contributed by atoms with Gasteiger partial charge in [-0.25, -0.2) is 0 Å². The molecule has 1 N–H and O–H groups in total. The third kappa shape index (κ3) is 6.38. The smallest absolute Gasteiger partial charge is 0.416 e.